The van der Waals surface area contributed by atoms with E-state index in [0.717, 1.165) is 24.0 Å². The lowest BCUT2D eigenvalue weighted by molar-refractivity contribution is -0.144. The summed E-state index contributed by atoms with van der Waals surface area (Å²) in [5.74, 6) is -0.646. The van der Waals surface area contributed by atoms with Gasteiger partial charge in [0.05, 0.1) is 0 Å². The molecule has 128 valence electrons. The molecule has 0 spiro atoms. The molecule has 0 N–H and O–H groups in total. The lowest BCUT2D eigenvalue weighted by Crippen LogP contribution is -2.28. The van der Waals surface area contributed by atoms with E-state index < -0.39 is 6.10 Å². The van der Waals surface area contributed by atoms with Gasteiger partial charge in [-0.15, -0.1) is 0 Å². The standard InChI is InChI=1S/C20H24O4/c1-6-10(2)19(21)23-16-9-15-13(5)20(22)24-18(15)17-11(3)7-8-14(17)12(16)4/h6,14-18H,3-5,7-9H2,1-2H3/b10-6+/t14-,15-,16+,17-,18-/m0/s1. The first kappa shape index (κ1) is 16.7. The summed E-state index contributed by atoms with van der Waals surface area (Å²) in [6.07, 6.45) is 3.34. The highest BCUT2D eigenvalue weighted by molar-refractivity contribution is 5.91. The van der Waals surface area contributed by atoms with Gasteiger partial charge in [0.15, 0.2) is 0 Å². The Morgan fingerprint density at radius 3 is 2.67 bits per heavy atom. The molecule has 1 saturated heterocycles. The van der Waals surface area contributed by atoms with Crippen LogP contribution in [0.4, 0.5) is 0 Å². The van der Waals surface area contributed by atoms with Gasteiger partial charge in [-0.2, -0.15) is 0 Å². The first-order valence-electron chi connectivity index (χ1n) is 8.45. The van der Waals surface area contributed by atoms with Crippen LogP contribution < -0.4 is 0 Å². The second-order valence-electron chi connectivity index (χ2n) is 7.01. The molecule has 0 aromatic rings. The fourth-order valence-corrected chi connectivity index (χ4v) is 4.16. The normalized spacial score (nSPS) is 36.1. The maximum absolute atomic E-state index is 12.2. The van der Waals surface area contributed by atoms with E-state index in [2.05, 4.69) is 19.7 Å². The third kappa shape index (κ3) is 2.54. The van der Waals surface area contributed by atoms with Crippen molar-refractivity contribution in [2.24, 2.45) is 17.8 Å². The van der Waals surface area contributed by atoms with Crippen molar-refractivity contribution in [2.75, 3.05) is 0 Å². The molecule has 0 aromatic heterocycles. The molecule has 3 rings (SSSR count). The van der Waals surface area contributed by atoms with Crippen LogP contribution >= 0.6 is 0 Å². The van der Waals surface area contributed by atoms with E-state index in [9.17, 15) is 9.59 Å². The van der Waals surface area contributed by atoms with Gasteiger partial charge in [-0.3, -0.25) is 0 Å². The molecule has 1 heterocycles. The minimum absolute atomic E-state index is 0.0530. The molecular formula is C20H24O4. The van der Waals surface area contributed by atoms with Crippen molar-refractivity contribution in [2.45, 2.75) is 45.3 Å². The van der Waals surface area contributed by atoms with Gasteiger partial charge < -0.3 is 9.47 Å². The highest BCUT2D eigenvalue weighted by atomic mass is 16.6. The molecular weight excluding hydrogens is 304 g/mol. The van der Waals surface area contributed by atoms with E-state index in [1.165, 1.54) is 0 Å². The highest BCUT2D eigenvalue weighted by Crippen LogP contribution is 2.52. The summed E-state index contributed by atoms with van der Waals surface area (Å²) in [6.45, 7) is 15.8. The fourth-order valence-electron chi connectivity index (χ4n) is 4.16. The van der Waals surface area contributed by atoms with Crippen molar-refractivity contribution in [3.05, 3.63) is 48.1 Å². The van der Waals surface area contributed by atoms with Crippen LogP contribution in [0.1, 0.15) is 33.1 Å². The van der Waals surface area contributed by atoms with Crippen LogP contribution in [-0.4, -0.2) is 24.1 Å². The second kappa shape index (κ2) is 6.08. The molecule has 2 aliphatic carbocycles. The summed E-state index contributed by atoms with van der Waals surface area (Å²) < 4.78 is 11.3. The van der Waals surface area contributed by atoms with Gasteiger partial charge in [-0.1, -0.05) is 31.4 Å². The van der Waals surface area contributed by atoms with E-state index in [0.29, 0.717) is 17.6 Å². The molecule has 0 bridgehead atoms. The van der Waals surface area contributed by atoms with E-state index in [1.807, 2.05) is 0 Å². The van der Waals surface area contributed by atoms with Gasteiger partial charge in [0.2, 0.25) is 0 Å². The van der Waals surface area contributed by atoms with Gasteiger partial charge in [0.25, 0.3) is 0 Å². The predicted octanol–water partition coefficient (Wildman–Crippen LogP) is 3.50. The minimum atomic E-state index is -0.424. The zero-order valence-corrected chi connectivity index (χ0v) is 14.3. The fraction of sp³-hybridized carbons (Fsp3) is 0.500. The molecule has 5 atom stereocenters. The number of allylic oxidation sites excluding steroid dienone is 1. The molecule has 4 nitrogen and oxygen atoms in total. The van der Waals surface area contributed by atoms with Crippen molar-refractivity contribution >= 4 is 11.9 Å². The summed E-state index contributed by atoms with van der Waals surface area (Å²) in [5.41, 5.74) is 3.04. The Labute approximate surface area is 142 Å². The van der Waals surface area contributed by atoms with Crippen LogP contribution in [0.3, 0.4) is 0 Å². The molecule has 3 aliphatic rings. The number of esters is 2. The van der Waals surface area contributed by atoms with Crippen LogP contribution in [0.15, 0.2) is 48.1 Å². The summed E-state index contributed by atoms with van der Waals surface area (Å²) in [5, 5.41) is 0. The molecule has 0 aromatic carbocycles. The van der Waals surface area contributed by atoms with E-state index in [1.54, 1.807) is 19.9 Å². The average molecular weight is 328 g/mol. The number of ether oxygens (including phenoxy) is 2. The number of hydrogen-bond donors (Lipinski definition) is 0. The van der Waals surface area contributed by atoms with Crippen LogP contribution in [0.25, 0.3) is 0 Å². The number of rotatable bonds is 2. The molecule has 4 heteroatoms. The lowest BCUT2D eigenvalue weighted by atomic mass is 9.82. The van der Waals surface area contributed by atoms with Crippen LogP contribution in [0.5, 0.6) is 0 Å². The number of hydrogen-bond acceptors (Lipinski definition) is 4. The van der Waals surface area contributed by atoms with Crippen LogP contribution in [-0.2, 0) is 19.1 Å². The van der Waals surface area contributed by atoms with Crippen molar-refractivity contribution < 1.29 is 19.1 Å². The molecule has 24 heavy (non-hydrogen) atoms. The smallest absolute Gasteiger partial charge is 0.334 e. The zero-order valence-electron chi connectivity index (χ0n) is 14.3. The van der Waals surface area contributed by atoms with Crippen molar-refractivity contribution in [3.8, 4) is 0 Å². The van der Waals surface area contributed by atoms with E-state index >= 15 is 0 Å². The van der Waals surface area contributed by atoms with Gasteiger partial charge in [0, 0.05) is 23.0 Å². The van der Waals surface area contributed by atoms with Gasteiger partial charge in [-0.05, 0) is 44.6 Å². The zero-order chi connectivity index (χ0) is 17.6. The van der Waals surface area contributed by atoms with Gasteiger partial charge >= 0.3 is 11.9 Å². The topological polar surface area (TPSA) is 52.6 Å². The predicted molar refractivity (Wildman–Crippen MR) is 90.9 cm³/mol. The van der Waals surface area contributed by atoms with Gasteiger partial charge in [0.1, 0.15) is 12.2 Å². The Morgan fingerprint density at radius 1 is 1.29 bits per heavy atom. The number of carbonyl (C=O) groups is 2. The van der Waals surface area contributed by atoms with Crippen molar-refractivity contribution in [3.63, 3.8) is 0 Å². The molecule has 0 radical (unpaired) electrons. The Balaban J connectivity index is 1.93. The van der Waals surface area contributed by atoms with Gasteiger partial charge in [-0.25, -0.2) is 9.59 Å². The SMILES string of the molecule is C=C1CC[C@H]2C(=C)[C@H](OC(=O)/C(C)=C/C)C[C@H]3C(=C)C(=O)O[C@@H]3[C@@H]12. The molecule has 3 fully saturated rings. The third-order valence-electron chi connectivity index (χ3n) is 5.75. The quantitative estimate of drug-likeness (QED) is 0.442. The molecule has 0 amide bonds. The Morgan fingerprint density at radius 2 is 2.00 bits per heavy atom. The summed E-state index contributed by atoms with van der Waals surface area (Å²) in [4.78, 5) is 24.2. The van der Waals surface area contributed by atoms with Crippen molar-refractivity contribution in [1.29, 1.82) is 0 Å². The third-order valence-corrected chi connectivity index (χ3v) is 5.75. The maximum atomic E-state index is 12.2. The molecule has 0 unspecified atom stereocenters. The Bertz CT molecular complexity index is 669. The maximum Gasteiger partial charge on any atom is 0.334 e. The summed E-state index contributed by atoms with van der Waals surface area (Å²) in [6, 6.07) is 0. The molecule has 1 aliphatic heterocycles. The summed E-state index contributed by atoms with van der Waals surface area (Å²) in [7, 11) is 0. The minimum Gasteiger partial charge on any atom is -0.458 e. The summed E-state index contributed by atoms with van der Waals surface area (Å²) >= 11 is 0. The van der Waals surface area contributed by atoms with Crippen molar-refractivity contribution in [1.82, 2.24) is 0 Å². The highest BCUT2D eigenvalue weighted by Gasteiger charge is 2.53. The monoisotopic (exact) mass is 328 g/mol. The Kier molecular flexibility index (Phi) is 4.24. The second-order valence-corrected chi connectivity index (χ2v) is 7.01. The van der Waals surface area contributed by atoms with Crippen LogP contribution in [0.2, 0.25) is 0 Å². The first-order chi connectivity index (χ1) is 11.3. The lowest BCUT2D eigenvalue weighted by Gasteiger charge is -2.26. The van der Waals surface area contributed by atoms with E-state index in [-0.39, 0.29) is 35.8 Å². The first-order valence-corrected chi connectivity index (χ1v) is 8.45. The average Bonchev–Trinajstić information content (AvgIpc) is 3.03. The van der Waals surface area contributed by atoms with E-state index in [4.69, 9.17) is 9.47 Å². The largest absolute Gasteiger partial charge is 0.458 e. The Hall–Kier alpha value is -2.10. The number of carbonyl (C=O) groups excluding carboxylic acids is 2. The van der Waals surface area contributed by atoms with Crippen LogP contribution in [0, 0.1) is 17.8 Å². The molecule has 2 saturated carbocycles. The number of fused-ring (bicyclic) bond motifs is 3.